The maximum Gasteiger partial charge on any atom is 0.309 e. The normalized spacial score (nSPS) is 53.7. The van der Waals surface area contributed by atoms with E-state index in [9.17, 15) is 9.90 Å². The molecule has 0 heterocycles. The highest BCUT2D eigenvalue weighted by Crippen LogP contribution is 2.67. The number of carbonyl (C=O) groups is 1. The molecule has 0 aliphatic heterocycles. The van der Waals surface area contributed by atoms with Crippen molar-refractivity contribution < 1.29 is 14.6 Å². The standard InChI is InChI=1S/C21H34O3/c1-20-10-8-14(22)12-13(20)4-5-15-16-6-7-18(19(23)24-3)21(16,2)11-9-17(15)20/h13-18,22H,4-12H2,1-3H3/t13-,14+,15-,16+,17-,18-,20-,21+/m0/s1. The first kappa shape index (κ1) is 16.9. The molecule has 4 fully saturated rings. The van der Waals surface area contributed by atoms with Crippen LogP contribution in [0.3, 0.4) is 0 Å². The number of fused-ring (bicyclic) bond motifs is 5. The molecule has 4 saturated carbocycles. The molecule has 136 valence electrons. The van der Waals surface area contributed by atoms with Gasteiger partial charge in [0.1, 0.15) is 0 Å². The topological polar surface area (TPSA) is 46.5 Å². The molecular weight excluding hydrogens is 300 g/mol. The molecule has 3 nitrogen and oxygen atoms in total. The minimum Gasteiger partial charge on any atom is -0.469 e. The molecular formula is C21H34O3. The number of esters is 1. The van der Waals surface area contributed by atoms with Gasteiger partial charge in [-0.3, -0.25) is 4.79 Å². The lowest BCUT2D eigenvalue weighted by Crippen LogP contribution is -2.54. The van der Waals surface area contributed by atoms with Gasteiger partial charge in [-0.15, -0.1) is 0 Å². The molecule has 0 saturated heterocycles. The van der Waals surface area contributed by atoms with Crippen LogP contribution in [0.15, 0.2) is 0 Å². The van der Waals surface area contributed by atoms with Crippen molar-refractivity contribution in [2.45, 2.75) is 77.7 Å². The first-order valence-electron chi connectivity index (χ1n) is 10.2. The van der Waals surface area contributed by atoms with Crippen molar-refractivity contribution in [3.05, 3.63) is 0 Å². The molecule has 4 aliphatic rings. The molecule has 0 bridgehead atoms. The van der Waals surface area contributed by atoms with E-state index in [0.29, 0.717) is 17.3 Å². The SMILES string of the molecule is COC(=O)[C@@H]1CC[C@@H]2[C@@H]3CC[C@H]4C[C@H](O)CC[C@]4(C)[C@H]3CC[C@]21C. The molecule has 0 unspecified atom stereocenters. The summed E-state index contributed by atoms with van der Waals surface area (Å²) in [5.74, 6) is 3.15. The average Bonchev–Trinajstić information content (AvgIpc) is 2.92. The molecule has 8 atom stereocenters. The van der Waals surface area contributed by atoms with Crippen molar-refractivity contribution in [1.82, 2.24) is 0 Å². The maximum absolute atomic E-state index is 12.3. The van der Waals surface area contributed by atoms with Gasteiger partial charge < -0.3 is 9.84 Å². The Kier molecular flexibility index (Phi) is 4.02. The lowest BCUT2D eigenvalue weighted by Gasteiger charge is -2.60. The van der Waals surface area contributed by atoms with E-state index in [1.807, 2.05) is 0 Å². The van der Waals surface area contributed by atoms with E-state index in [-0.39, 0.29) is 23.4 Å². The second-order valence-electron chi connectivity index (χ2n) is 9.78. The highest BCUT2D eigenvalue weighted by atomic mass is 16.5. The Hall–Kier alpha value is -0.570. The molecule has 0 aromatic carbocycles. The van der Waals surface area contributed by atoms with Gasteiger partial charge in [-0.1, -0.05) is 13.8 Å². The van der Waals surface area contributed by atoms with Gasteiger partial charge in [0.2, 0.25) is 0 Å². The second-order valence-corrected chi connectivity index (χ2v) is 9.78. The van der Waals surface area contributed by atoms with Gasteiger partial charge in [0.05, 0.1) is 19.1 Å². The fraction of sp³-hybridized carbons (Fsp3) is 0.952. The largest absolute Gasteiger partial charge is 0.469 e. The summed E-state index contributed by atoms with van der Waals surface area (Å²) in [6.45, 7) is 4.90. The molecule has 0 spiro atoms. The summed E-state index contributed by atoms with van der Waals surface area (Å²) < 4.78 is 5.14. The van der Waals surface area contributed by atoms with Gasteiger partial charge in [-0.2, -0.15) is 0 Å². The van der Waals surface area contributed by atoms with Crippen LogP contribution in [0.1, 0.15) is 71.6 Å². The van der Waals surface area contributed by atoms with E-state index in [2.05, 4.69) is 13.8 Å². The quantitative estimate of drug-likeness (QED) is 0.732. The molecule has 0 aromatic rings. The van der Waals surface area contributed by atoms with Gasteiger partial charge in [0.25, 0.3) is 0 Å². The number of hydrogen-bond acceptors (Lipinski definition) is 3. The lowest BCUT2D eigenvalue weighted by atomic mass is 9.44. The number of carbonyl (C=O) groups excluding carboxylic acids is 1. The molecule has 0 radical (unpaired) electrons. The minimum absolute atomic E-state index is 0.0270. The fourth-order valence-corrected chi connectivity index (χ4v) is 7.76. The van der Waals surface area contributed by atoms with Crippen LogP contribution in [-0.4, -0.2) is 24.3 Å². The first-order valence-corrected chi connectivity index (χ1v) is 10.2. The zero-order valence-electron chi connectivity index (χ0n) is 15.6. The third kappa shape index (κ3) is 2.22. The van der Waals surface area contributed by atoms with E-state index in [0.717, 1.165) is 31.1 Å². The van der Waals surface area contributed by atoms with Crippen molar-refractivity contribution in [1.29, 1.82) is 0 Å². The second kappa shape index (κ2) is 5.72. The predicted molar refractivity (Wildman–Crippen MR) is 93.2 cm³/mol. The molecule has 3 heteroatoms. The fourth-order valence-electron chi connectivity index (χ4n) is 7.76. The number of aliphatic hydroxyl groups excluding tert-OH is 1. The van der Waals surface area contributed by atoms with Gasteiger partial charge in [-0.05, 0) is 92.3 Å². The van der Waals surface area contributed by atoms with Crippen LogP contribution in [0.5, 0.6) is 0 Å². The Bertz CT molecular complexity index is 517. The number of hydrogen-bond donors (Lipinski definition) is 1. The summed E-state index contributed by atoms with van der Waals surface area (Å²) in [4.78, 5) is 12.3. The Balaban J connectivity index is 1.60. The van der Waals surface area contributed by atoms with Crippen LogP contribution in [-0.2, 0) is 9.53 Å². The Labute approximate surface area is 146 Å². The van der Waals surface area contributed by atoms with Crippen LogP contribution in [0.4, 0.5) is 0 Å². The monoisotopic (exact) mass is 334 g/mol. The highest BCUT2D eigenvalue weighted by Gasteiger charge is 2.61. The molecule has 4 rings (SSSR count). The summed E-state index contributed by atoms with van der Waals surface area (Å²) in [6.07, 6.45) is 10.4. The number of rotatable bonds is 1. The van der Waals surface area contributed by atoms with E-state index in [1.54, 1.807) is 7.11 Å². The first-order chi connectivity index (χ1) is 11.4. The maximum atomic E-state index is 12.3. The average molecular weight is 335 g/mol. The Morgan fingerprint density at radius 2 is 1.67 bits per heavy atom. The Morgan fingerprint density at radius 1 is 0.958 bits per heavy atom. The number of methoxy groups -OCH3 is 1. The summed E-state index contributed by atoms with van der Waals surface area (Å²) in [5.41, 5.74) is 0.582. The summed E-state index contributed by atoms with van der Waals surface area (Å²) in [7, 11) is 1.55. The number of aliphatic hydroxyl groups is 1. The van der Waals surface area contributed by atoms with Crippen LogP contribution in [0.25, 0.3) is 0 Å². The summed E-state index contributed by atoms with van der Waals surface area (Å²) in [6, 6.07) is 0. The molecule has 24 heavy (non-hydrogen) atoms. The Morgan fingerprint density at radius 3 is 2.42 bits per heavy atom. The van der Waals surface area contributed by atoms with Gasteiger partial charge in [0, 0.05) is 0 Å². The van der Waals surface area contributed by atoms with Crippen molar-refractivity contribution in [3.63, 3.8) is 0 Å². The van der Waals surface area contributed by atoms with E-state index >= 15 is 0 Å². The molecule has 0 amide bonds. The van der Waals surface area contributed by atoms with Crippen molar-refractivity contribution in [2.75, 3.05) is 7.11 Å². The highest BCUT2D eigenvalue weighted by molar-refractivity contribution is 5.73. The van der Waals surface area contributed by atoms with Crippen molar-refractivity contribution >= 4 is 5.97 Å². The van der Waals surface area contributed by atoms with Crippen LogP contribution >= 0.6 is 0 Å². The summed E-state index contributed by atoms with van der Waals surface area (Å²) in [5, 5.41) is 10.1. The van der Waals surface area contributed by atoms with Crippen LogP contribution in [0.2, 0.25) is 0 Å². The third-order valence-electron chi connectivity index (χ3n) is 9.12. The van der Waals surface area contributed by atoms with E-state index < -0.39 is 0 Å². The van der Waals surface area contributed by atoms with Crippen molar-refractivity contribution in [3.8, 4) is 0 Å². The van der Waals surface area contributed by atoms with Crippen molar-refractivity contribution in [2.24, 2.45) is 40.4 Å². The predicted octanol–water partition coefficient (Wildman–Crippen LogP) is 4.18. The zero-order chi connectivity index (χ0) is 17.1. The van der Waals surface area contributed by atoms with Gasteiger partial charge in [0.15, 0.2) is 0 Å². The van der Waals surface area contributed by atoms with Gasteiger partial charge >= 0.3 is 5.97 Å². The van der Waals surface area contributed by atoms with E-state index in [4.69, 9.17) is 4.74 Å². The molecule has 4 aliphatic carbocycles. The summed E-state index contributed by atoms with van der Waals surface area (Å²) >= 11 is 0. The smallest absolute Gasteiger partial charge is 0.309 e. The zero-order valence-corrected chi connectivity index (χ0v) is 15.6. The lowest BCUT2D eigenvalue weighted by molar-refractivity contribution is -0.157. The number of ether oxygens (including phenoxy) is 1. The minimum atomic E-state index is -0.0660. The van der Waals surface area contributed by atoms with Crippen LogP contribution < -0.4 is 0 Å². The van der Waals surface area contributed by atoms with Gasteiger partial charge in [-0.25, -0.2) is 0 Å². The van der Waals surface area contributed by atoms with E-state index in [1.165, 1.54) is 38.5 Å². The third-order valence-corrected chi connectivity index (χ3v) is 9.12. The molecule has 0 aromatic heterocycles. The molecule has 1 N–H and O–H groups in total. The van der Waals surface area contributed by atoms with Crippen LogP contribution in [0, 0.1) is 40.4 Å².